The molecule has 0 radical (unpaired) electrons. The molecular formula is C18H18N6O4. The summed E-state index contributed by atoms with van der Waals surface area (Å²) >= 11 is 0. The standard InChI is InChI=1S/C18H18N6O4/c25-15(11-1-5-19-6-2-11)21-23-17(27)13-9-14(10-13)18(28)24-22-16(26)12-3-7-20-8-4-12/h1-8,13-14H,9-10H2,(H,21,25)(H,22,26)(H,23,27)(H,24,28). The zero-order chi connectivity index (χ0) is 19.9. The Morgan fingerprint density at radius 2 is 1.00 bits per heavy atom. The molecule has 4 N–H and O–H groups in total. The van der Waals surface area contributed by atoms with E-state index in [1.807, 2.05) is 0 Å². The van der Waals surface area contributed by atoms with Crippen LogP contribution in [0.4, 0.5) is 0 Å². The second-order valence-electron chi connectivity index (χ2n) is 6.22. The van der Waals surface area contributed by atoms with Crippen molar-refractivity contribution < 1.29 is 19.2 Å². The van der Waals surface area contributed by atoms with Crippen molar-refractivity contribution in [2.24, 2.45) is 11.8 Å². The Bertz CT molecular complexity index is 797. The quantitative estimate of drug-likeness (QED) is 0.536. The summed E-state index contributed by atoms with van der Waals surface area (Å²) in [7, 11) is 0. The Kier molecular flexibility index (Phi) is 5.90. The Balaban J connectivity index is 1.36. The first-order valence-electron chi connectivity index (χ1n) is 8.55. The van der Waals surface area contributed by atoms with Gasteiger partial charge >= 0.3 is 0 Å². The van der Waals surface area contributed by atoms with Crippen molar-refractivity contribution in [2.75, 3.05) is 0 Å². The third kappa shape index (κ3) is 4.67. The highest BCUT2D eigenvalue weighted by molar-refractivity contribution is 5.96. The van der Waals surface area contributed by atoms with Crippen molar-refractivity contribution in [3.63, 3.8) is 0 Å². The largest absolute Gasteiger partial charge is 0.273 e. The molecule has 0 unspecified atom stereocenters. The molecule has 144 valence electrons. The second-order valence-corrected chi connectivity index (χ2v) is 6.22. The first-order valence-corrected chi connectivity index (χ1v) is 8.55. The van der Waals surface area contributed by atoms with Gasteiger partial charge in [0.25, 0.3) is 11.8 Å². The predicted molar refractivity (Wildman–Crippen MR) is 95.9 cm³/mol. The van der Waals surface area contributed by atoms with Crippen LogP contribution in [0.15, 0.2) is 49.1 Å². The van der Waals surface area contributed by atoms with E-state index < -0.39 is 11.8 Å². The Morgan fingerprint density at radius 3 is 1.36 bits per heavy atom. The van der Waals surface area contributed by atoms with Crippen molar-refractivity contribution in [3.05, 3.63) is 60.2 Å². The average molecular weight is 382 g/mol. The van der Waals surface area contributed by atoms with Gasteiger partial charge in [0.05, 0.1) is 0 Å². The number of nitrogens with zero attached hydrogens (tertiary/aromatic N) is 2. The number of hydrogen-bond donors (Lipinski definition) is 4. The minimum absolute atomic E-state index is 0.327. The van der Waals surface area contributed by atoms with Gasteiger partial charge in [0.1, 0.15) is 0 Å². The average Bonchev–Trinajstić information content (AvgIpc) is 2.70. The van der Waals surface area contributed by atoms with Crippen molar-refractivity contribution in [1.29, 1.82) is 0 Å². The lowest BCUT2D eigenvalue weighted by molar-refractivity contribution is -0.136. The molecular weight excluding hydrogens is 364 g/mol. The molecule has 2 aromatic heterocycles. The molecule has 1 aliphatic rings. The third-order valence-electron chi connectivity index (χ3n) is 4.36. The maximum Gasteiger partial charge on any atom is 0.269 e. The van der Waals surface area contributed by atoms with E-state index in [1.54, 1.807) is 0 Å². The van der Waals surface area contributed by atoms with E-state index in [0.717, 1.165) is 0 Å². The van der Waals surface area contributed by atoms with Gasteiger partial charge < -0.3 is 0 Å². The number of hydrazine groups is 2. The fraction of sp³-hybridized carbons (Fsp3) is 0.222. The smallest absolute Gasteiger partial charge is 0.269 e. The number of nitrogens with one attached hydrogen (secondary N) is 4. The monoisotopic (exact) mass is 382 g/mol. The molecule has 2 aromatic rings. The summed E-state index contributed by atoms with van der Waals surface area (Å²) in [5, 5.41) is 0. The number of aromatic nitrogens is 2. The van der Waals surface area contributed by atoms with Crippen LogP contribution >= 0.6 is 0 Å². The second kappa shape index (κ2) is 8.71. The van der Waals surface area contributed by atoms with E-state index in [2.05, 4.69) is 31.7 Å². The Morgan fingerprint density at radius 1 is 0.643 bits per heavy atom. The van der Waals surface area contributed by atoms with Crippen molar-refractivity contribution in [3.8, 4) is 0 Å². The van der Waals surface area contributed by atoms with Crippen LogP contribution in [-0.2, 0) is 9.59 Å². The molecule has 3 rings (SSSR count). The summed E-state index contributed by atoms with van der Waals surface area (Å²) in [5.74, 6) is -2.42. The molecule has 0 saturated heterocycles. The lowest BCUT2D eigenvalue weighted by Gasteiger charge is -2.32. The van der Waals surface area contributed by atoms with Crippen molar-refractivity contribution >= 4 is 23.6 Å². The molecule has 1 aliphatic carbocycles. The van der Waals surface area contributed by atoms with Crippen molar-refractivity contribution in [1.82, 2.24) is 31.7 Å². The number of pyridine rings is 2. The molecule has 28 heavy (non-hydrogen) atoms. The SMILES string of the molecule is O=C(NNC(=O)C1CC(C(=O)NNC(=O)c2ccncc2)C1)c1ccncc1. The van der Waals surface area contributed by atoms with Crippen LogP contribution in [-0.4, -0.2) is 33.6 Å². The molecule has 1 saturated carbocycles. The predicted octanol–water partition coefficient (Wildman–Crippen LogP) is -0.275. The first kappa shape index (κ1) is 19.0. The molecule has 10 nitrogen and oxygen atoms in total. The summed E-state index contributed by atoms with van der Waals surface area (Å²) in [6.45, 7) is 0. The maximum atomic E-state index is 12.0. The molecule has 0 spiro atoms. The first-order chi connectivity index (χ1) is 13.5. The van der Waals surface area contributed by atoms with Gasteiger partial charge in [0, 0.05) is 47.8 Å². The van der Waals surface area contributed by atoms with E-state index >= 15 is 0 Å². The molecule has 0 aromatic carbocycles. The molecule has 10 heteroatoms. The van der Waals surface area contributed by atoms with E-state index in [9.17, 15) is 19.2 Å². The van der Waals surface area contributed by atoms with E-state index in [-0.39, 0.29) is 23.7 Å². The van der Waals surface area contributed by atoms with Crippen molar-refractivity contribution in [2.45, 2.75) is 12.8 Å². The summed E-state index contributed by atoms with van der Waals surface area (Å²) in [5.41, 5.74) is 10.1. The third-order valence-corrected chi connectivity index (χ3v) is 4.36. The van der Waals surface area contributed by atoms with Crippen LogP contribution in [0, 0.1) is 11.8 Å². The van der Waals surface area contributed by atoms with Crippen LogP contribution in [0.25, 0.3) is 0 Å². The highest BCUT2D eigenvalue weighted by Gasteiger charge is 2.39. The number of rotatable bonds is 4. The minimum Gasteiger partial charge on any atom is -0.273 e. The summed E-state index contributed by atoms with van der Waals surface area (Å²) in [6.07, 6.45) is 6.54. The van der Waals surface area contributed by atoms with Crippen LogP contribution in [0.1, 0.15) is 33.6 Å². The van der Waals surface area contributed by atoms with Crippen LogP contribution in [0.5, 0.6) is 0 Å². The zero-order valence-corrected chi connectivity index (χ0v) is 14.7. The molecule has 0 bridgehead atoms. The number of hydrogen-bond acceptors (Lipinski definition) is 6. The number of carbonyl (C=O) groups is 4. The lowest BCUT2D eigenvalue weighted by Crippen LogP contribution is -2.52. The molecule has 0 aliphatic heterocycles. The van der Waals surface area contributed by atoms with Gasteiger partial charge in [0.15, 0.2) is 0 Å². The van der Waals surface area contributed by atoms with E-state index in [1.165, 1.54) is 49.1 Å². The summed E-state index contributed by atoms with van der Waals surface area (Å²) in [6, 6.07) is 6.08. The van der Waals surface area contributed by atoms with Crippen LogP contribution in [0.2, 0.25) is 0 Å². The van der Waals surface area contributed by atoms with Gasteiger partial charge in [-0.25, -0.2) is 0 Å². The molecule has 0 atom stereocenters. The van der Waals surface area contributed by atoms with Gasteiger partial charge in [-0.05, 0) is 37.1 Å². The maximum absolute atomic E-state index is 12.0. The van der Waals surface area contributed by atoms with E-state index in [4.69, 9.17) is 0 Å². The zero-order valence-electron chi connectivity index (χ0n) is 14.7. The lowest BCUT2D eigenvalue weighted by atomic mass is 9.74. The van der Waals surface area contributed by atoms with Gasteiger partial charge in [-0.2, -0.15) is 0 Å². The molecule has 2 heterocycles. The van der Waals surface area contributed by atoms with Gasteiger partial charge in [-0.1, -0.05) is 0 Å². The fourth-order valence-corrected chi connectivity index (χ4v) is 2.64. The summed E-state index contributed by atoms with van der Waals surface area (Å²) < 4.78 is 0. The number of amides is 4. The normalized spacial score (nSPS) is 17.6. The van der Waals surface area contributed by atoms with E-state index in [0.29, 0.717) is 24.0 Å². The van der Waals surface area contributed by atoms with Crippen LogP contribution in [0.3, 0.4) is 0 Å². The van der Waals surface area contributed by atoms with Gasteiger partial charge in [-0.3, -0.25) is 50.8 Å². The highest BCUT2D eigenvalue weighted by Crippen LogP contribution is 2.33. The van der Waals surface area contributed by atoms with Gasteiger partial charge in [0.2, 0.25) is 11.8 Å². The molecule has 1 fully saturated rings. The Labute approximate surface area is 160 Å². The van der Waals surface area contributed by atoms with Crippen LogP contribution < -0.4 is 21.7 Å². The fourth-order valence-electron chi connectivity index (χ4n) is 2.64. The van der Waals surface area contributed by atoms with Gasteiger partial charge in [-0.15, -0.1) is 0 Å². The Hall–Kier alpha value is -3.82. The highest BCUT2D eigenvalue weighted by atomic mass is 16.2. The summed E-state index contributed by atoms with van der Waals surface area (Å²) in [4.78, 5) is 55.4. The molecule has 4 amide bonds. The topological polar surface area (TPSA) is 142 Å². The number of carbonyl (C=O) groups excluding carboxylic acids is 4. The minimum atomic E-state index is -0.455.